The molecule has 2 atom stereocenters. The fraction of sp³-hybridized carbons (Fsp3) is 0.500. The number of benzene rings is 1. The zero-order valence-corrected chi connectivity index (χ0v) is 18.1. The van der Waals surface area contributed by atoms with Gasteiger partial charge in [-0.1, -0.05) is 44.9 Å². The van der Waals surface area contributed by atoms with Gasteiger partial charge in [-0.3, -0.25) is 10.1 Å². The Labute approximate surface area is 175 Å². The molecule has 0 aliphatic rings. The molecule has 0 aliphatic heterocycles. The van der Waals surface area contributed by atoms with E-state index in [1.54, 1.807) is 7.11 Å². The summed E-state index contributed by atoms with van der Waals surface area (Å²) in [7, 11) is 1.61. The molecule has 29 heavy (non-hydrogen) atoms. The molecule has 0 saturated heterocycles. The summed E-state index contributed by atoms with van der Waals surface area (Å²) in [6, 6.07) is 6.46. The minimum Gasteiger partial charge on any atom is -0.497 e. The molecule has 3 amide bonds. The van der Waals surface area contributed by atoms with Crippen LogP contribution >= 0.6 is 11.3 Å². The molecular weight excluding hydrogens is 390 g/mol. The molecule has 1 aromatic carbocycles. The molecule has 1 aromatic heterocycles. The van der Waals surface area contributed by atoms with Crippen molar-refractivity contribution in [3.8, 4) is 16.3 Å². The second kappa shape index (κ2) is 11.4. The highest BCUT2D eigenvalue weighted by Crippen LogP contribution is 2.28. The van der Waals surface area contributed by atoms with Crippen LogP contribution in [0.2, 0.25) is 0 Å². The van der Waals surface area contributed by atoms with Crippen LogP contribution in [0.15, 0.2) is 24.3 Å². The highest BCUT2D eigenvalue weighted by molar-refractivity contribution is 7.18. The van der Waals surface area contributed by atoms with Crippen LogP contribution in [0.5, 0.6) is 5.75 Å². The van der Waals surface area contributed by atoms with Crippen molar-refractivity contribution in [1.82, 2.24) is 20.8 Å². The van der Waals surface area contributed by atoms with E-state index in [0.717, 1.165) is 30.6 Å². The number of anilines is 1. The molecule has 0 bridgehead atoms. The fourth-order valence-electron chi connectivity index (χ4n) is 2.58. The van der Waals surface area contributed by atoms with Gasteiger partial charge in [-0.05, 0) is 36.6 Å². The van der Waals surface area contributed by atoms with Crippen molar-refractivity contribution in [3.63, 3.8) is 0 Å². The summed E-state index contributed by atoms with van der Waals surface area (Å²) in [6.07, 6.45) is 2.64. The quantitative estimate of drug-likeness (QED) is 0.510. The number of hydrogen-bond acceptors (Lipinski definition) is 6. The lowest BCUT2D eigenvalue weighted by molar-refractivity contribution is -0.119. The Morgan fingerprint density at radius 2 is 1.90 bits per heavy atom. The van der Waals surface area contributed by atoms with Crippen LogP contribution in [0.4, 0.5) is 9.93 Å². The van der Waals surface area contributed by atoms with Gasteiger partial charge in [0.2, 0.25) is 11.0 Å². The topological polar surface area (TPSA) is 105 Å². The molecule has 0 fully saturated rings. The minimum atomic E-state index is -0.657. The van der Waals surface area contributed by atoms with E-state index in [9.17, 15) is 9.59 Å². The van der Waals surface area contributed by atoms with Gasteiger partial charge in [-0.25, -0.2) is 4.79 Å². The molecule has 2 aromatic rings. The Hall–Kier alpha value is -2.68. The van der Waals surface area contributed by atoms with Crippen molar-refractivity contribution in [2.24, 2.45) is 5.92 Å². The van der Waals surface area contributed by atoms with Crippen LogP contribution in [0.3, 0.4) is 0 Å². The van der Waals surface area contributed by atoms with Gasteiger partial charge < -0.3 is 15.4 Å². The number of aromatic nitrogens is 2. The van der Waals surface area contributed by atoms with E-state index in [1.165, 1.54) is 11.3 Å². The number of amides is 3. The third-order valence-electron chi connectivity index (χ3n) is 4.59. The Bertz CT molecular complexity index is 794. The zero-order chi connectivity index (χ0) is 21.2. The van der Waals surface area contributed by atoms with Crippen molar-refractivity contribution >= 4 is 28.4 Å². The zero-order valence-electron chi connectivity index (χ0n) is 17.3. The number of methoxy groups -OCH3 is 1. The molecule has 9 heteroatoms. The maximum absolute atomic E-state index is 12.8. The third kappa shape index (κ3) is 6.70. The van der Waals surface area contributed by atoms with Crippen molar-refractivity contribution in [3.05, 3.63) is 24.3 Å². The average Bonchev–Trinajstić information content (AvgIpc) is 3.20. The summed E-state index contributed by atoms with van der Waals surface area (Å²) in [4.78, 5) is 24.9. The molecule has 0 saturated carbocycles. The summed E-state index contributed by atoms with van der Waals surface area (Å²) in [6.45, 7) is 6.55. The normalized spacial score (nSPS) is 12.7. The Kier molecular flexibility index (Phi) is 8.85. The molecule has 8 nitrogen and oxygen atoms in total. The molecule has 2 rings (SSSR count). The second-order valence-corrected chi connectivity index (χ2v) is 7.72. The van der Waals surface area contributed by atoms with Gasteiger partial charge in [0.1, 0.15) is 16.8 Å². The van der Waals surface area contributed by atoms with Gasteiger partial charge >= 0.3 is 6.03 Å². The van der Waals surface area contributed by atoms with E-state index in [-0.39, 0.29) is 17.9 Å². The Morgan fingerprint density at radius 1 is 1.17 bits per heavy atom. The predicted octanol–water partition coefficient (Wildman–Crippen LogP) is 3.67. The molecule has 0 aliphatic carbocycles. The van der Waals surface area contributed by atoms with Gasteiger partial charge in [0.15, 0.2) is 0 Å². The number of carbonyl (C=O) groups excluding carboxylic acids is 2. The Morgan fingerprint density at radius 3 is 2.52 bits per heavy atom. The molecule has 3 N–H and O–H groups in total. The van der Waals surface area contributed by atoms with E-state index in [2.05, 4.69) is 33.1 Å². The highest BCUT2D eigenvalue weighted by atomic mass is 32.1. The molecule has 1 heterocycles. The van der Waals surface area contributed by atoms with Gasteiger partial charge in [0.05, 0.1) is 7.11 Å². The predicted molar refractivity (Wildman–Crippen MR) is 115 cm³/mol. The summed E-state index contributed by atoms with van der Waals surface area (Å²) in [5, 5.41) is 17.6. The summed E-state index contributed by atoms with van der Waals surface area (Å²) >= 11 is 1.28. The van der Waals surface area contributed by atoms with E-state index < -0.39 is 6.04 Å². The smallest absolute Gasteiger partial charge is 0.315 e. The lowest BCUT2D eigenvalue weighted by atomic mass is 9.98. The van der Waals surface area contributed by atoms with Crippen molar-refractivity contribution in [1.29, 1.82) is 0 Å². The summed E-state index contributed by atoms with van der Waals surface area (Å²) in [5.74, 6) is 0.426. The van der Waals surface area contributed by atoms with Crippen LogP contribution < -0.4 is 20.7 Å². The van der Waals surface area contributed by atoms with Gasteiger partial charge in [-0.15, -0.1) is 10.2 Å². The van der Waals surface area contributed by atoms with Gasteiger partial charge in [0, 0.05) is 12.1 Å². The largest absolute Gasteiger partial charge is 0.497 e. The number of carbonyl (C=O) groups is 2. The van der Waals surface area contributed by atoms with Crippen molar-refractivity contribution in [2.75, 3.05) is 19.0 Å². The first-order valence-corrected chi connectivity index (χ1v) is 10.6. The molecular formula is C20H29N5O3S. The monoisotopic (exact) mass is 419 g/mol. The van der Waals surface area contributed by atoms with E-state index in [1.807, 2.05) is 38.1 Å². The van der Waals surface area contributed by atoms with E-state index in [4.69, 9.17) is 4.74 Å². The Balaban J connectivity index is 2.02. The number of nitrogens with zero attached hydrogens (tertiary/aromatic N) is 2. The highest BCUT2D eigenvalue weighted by Gasteiger charge is 2.26. The van der Waals surface area contributed by atoms with E-state index in [0.29, 0.717) is 16.7 Å². The van der Waals surface area contributed by atoms with Crippen LogP contribution in [0.1, 0.15) is 40.0 Å². The fourth-order valence-corrected chi connectivity index (χ4v) is 3.33. The maximum atomic E-state index is 12.8. The first kappa shape index (κ1) is 22.6. The van der Waals surface area contributed by atoms with Crippen molar-refractivity contribution < 1.29 is 14.3 Å². The van der Waals surface area contributed by atoms with Crippen LogP contribution in [0, 0.1) is 5.92 Å². The second-order valence-electron chi connectivity index (χ2n) is 6.75. The van der Waals surface area contributed by atoms with Crippen LogP contribution in [0.25, 0.3) is 10.6 Å². The number of ether oxygens (including phenoxy) is 1. The number of rotatable bonds is 10. The summed E-state index contributed by atoms with van der Waals surface area (Å²) in [5.41, 5.74) is 0.885. The van der Waals surface area contributed by atoms with E-state index >= 15 is 0 Å². The minimum absolute atomic E-state index is 0.0269. The third-order valence-corrected chi connectivity index (χ3v) is 5.48. The van der Waals surface area contributed by atoms with Crippen LogP contribution in [-0.2, 0) is 4.79 Å². The summed E-state index contributed by atoms with van der Waals surface area (Å²) < 4.78 is 5.16. The standard InChI is InChI=1S/C20H29N5O3S/c1-5-7-12-21-19(27)22-16(13(3)6-2)17(26)23-20-25-24-18(29-20)14-8-10-15(28-4)11-9-14/h8-11,13,16H,5-7,12H2,1-4H3,(H2,21,22,27)(H,23,25,26)/t13-,16+/m1/s1. The number of urea groups is 1. The van der Waals surface area contributed by atoms with Gasteiger partial charge in [-0.2, -0.15) is 0 Å². The lowest BCUT2D eigenvalue weighted by Gasteiger charge is -2.23. The molecule has 0 unspecified atom stereocenters. The van der Waals surface area contributed by atoms with Gasteiger partial charge in [0.25, 0.3) is 0 Å². The molecule has 158 valence electrons. The SMILES string of the molecule is CCCCNC(=O)N[C@H](C(=O)Nc1nnc(-c2ccc(OC)cc2)s1)[C@H](C)CC. The van der Waals surface area contributed by atoms with Crippen molar-refractivity contribution in [2.45, 2.75) is 46.1 Å². The number of hydrogen-bond donors (Lipinski definition) is 3. The average molecular weight is 420 g/mol. The lowest BCUT2D eigenvalue weighted by Crippen LogP contribution is -2.51. The number of nitrogens with one attached hydrogen (secondary N) is 3. The first-order valence-electron chi connectivity index (χ1n) is 9.81. The number of unbranched alkanes of at least 4 members (excludes halogenated alkanes) is 1. The first-order chi connectivity index (χ1) is 14.0. The maximum Gasteiger partial charge on any atom is 0.315 e. The van der Waals surface area contributed by atoms with Crippen LogP contribution in [-0.4, -0.2) is 41.8 Å². The molecule has 0 spiro atoms. The molecule has 0 radical (unpaired) electrons.